The topological polar surface area (TPSA) is 12.5 Å². The Bertz CT molecular complexity index is 601. The first-order valence-electron chi connectivity index (χ1n) is 10.9. The summed E-state index contributed by atoms with van der Waals surface area (Å²) in [5, 5.41) is 0. The number of ether oxygens (including phenoxy) is 1. The minimum Gasteiger partial charge on any atom is -0.0312 e. The molecule has 10 radical (unpaired) electrons. The van der Waals surface area contributed by atoms with Crippen LogP contribution >= 0.6 is 0 Å². The number of hydrogen-bond acceptors (Lipinski definition) is 2. The predicted octanol–water partition coefficient (Wildman–Crippen LogP) is 5.30. The molecule has 0 N–H and O–H groups in total. The molecule has 3 aliphatic carbocycles. The van der Waals surface area contributed by atoms with E-state index in [9.17, 15) is 0 Å². The molecule has 0 saturated heterocycles. The Hall–Kier alpha value is 0.179. The maximum absolute atomic E-state index is 6.28. The van der Waals surface area contributed by atoms with E-state index >= 15 is 0 Å². The van der Waals surface area contributed by atoms with Gasteiger partial charge in [-0.3, -0.25) is 0 Å². The predicted molar refractivity (Wildman–Crippen MR) is 127 cm³/mol. The fourth-order valence-electron chi connectivity index (χ4n) is 4.29. The molecule has 31 heavy (non-hydrogen) atoms. The van der Waals surface area contributed by atoms with Gasteiger partial charge in [-0.05, 0) is 32.1 Å². The maximum atomic E-state index is 6.28. The van der Waals surface area contributed by atoms with E-state index in [2.05, 4.69) is 75.5 Å². The molecule has 0 aliphatic heterocycles. The molecular formula is C27H35FeNOSe+2. The molecule has 0 amide bonds. The summed E-state index contributed by atoms with van der Waals surface area (Å²) >= 11 is 0.412. The van der Waals surface area contributed by atoms with Crippen molar-refractivity contribution in [3.8, 4) is 0 Å². The van der Waals surface area contributed by atoms with Crippen LogP contribution in [0.2, 0.25) is 4.82 Å². The molecule has 0 bridgehead atoms. The first-order valence-corrected chi connectivity index (χ1v) is 12.8. The molecular weight excluding hydrogens is 489 g/mol. The van der Waals surface area contributed by atoms with Crippen molar-refractivity contribution in [1.29, 1.82) is 0 Å². The van der Waals surface area contributed by atoms with Crippen LogP contribution in [0.15, 0.2) is 30.3 Å². The average Bonchev–Trinajstić information content (AvgIpc) is 3.50. The zero-order chi connectivity index (χ0) is 21.4. The summed E-state index contributed by atoms with van der Waals surface area (Å²) in [6.07, 6.45) is 21.9. The van der Waals surface area contributed by atoms with Gasteiger partial charge in [0.1, 0.15) is 0 Å². The molecule has 2 nitrogen and oxygen atoms in total. The minimum atomic E-state index is -0.116. The van der Waals surface area contributed by atoms with Crippen molar-refractivity contribution in [2.45, 2.75) is 49.1 Å². The van der Waals surface area contributed by atoms with Crippen LogP contribution in [0, 0.1) is 62.1 Å². The first kappa shape index (κ1) is 27.4. The molecule has 0 heterocycles. The molecule has 0 aromatic heterocycles. The van der Waals surface area contributed by atoms with Gasteiger partial charge in [-0.15, -0.1) is 0 Å². The van der Waals surface area contributed by atoms with Crippen molar-refractivity contribution in [3.63, 3.8) is 0 Å². The molecule has 3 fully saturated rings. The van der Waals surface area contributed by atoms with Crippen LogP contribution < -0.4 is 0 Å². The fraction of sp³-hybridized carbons (Fsp3) is 0.407. The molecule has 3 aliphatic rings. The summed E-state index contributed by atoms with van der Waals surface area (Å²) in [5.41, 5.74) is 1.24. The normalized spacial score (nSPS) is 28.1. The van der Waals surface area contributed by atoms with Gasteiger partial charge in [-0.25, -0.2) is 0 Å². The van der Waals surface area contributed by atoms with Gasteiger partial charge in [0.2, 0.25) is 0 Å². The van der Waals surface area contributed by atoms with E-state index in [1.54, 1.807) is 4.82 Å². The second-order valence-corrected chi connectivity index (χ2v) is 10.9. The van der Waals surface area contributed by atoms with Gasteiger partial charge < -0.3 is 0 Å². The number of methoxy groups -OCH3 is 1. The van der Waals surface area contributed by atoms with Crippen molar-refractivity contribution >= 4 is 15.0 Å². The fourth-order valence-corrected chi connectivity index (χ4v) is 7.78. The van der Waals surface area contributed by atoms with E-state index < -0.39 is 0 Å². The van der Waals surface area contributed by atoms with Crippen molar-refractivity contribution in [2.75, 3.05) is 21.2 Å². The van der Waals surface area contributed by atoms with Gasteiger partial charge in [0.05, 0.1) is 0 Å². The first-order chi connectivity index (χ1) is 14.6. The van der Waals surface area contributed by atoms with E-state index in [0.29, 0.717) is 25.8 Å². The minimum absolute atomic E-state index is 0. The molecule has 3 saturated carbocycles. The summed E-state index contributed by atoms with van der Waals surface area (Å²) in [6.45, 7) is 2.30. The smallest absolute Gasteiger partial charge is 0.0312 e. The summed E-state index contributed by atoms with van der Waals surface area (Å²) in [5.74, 6) is 1.49. The van der Waals surface area contributed by atoms with Gasteiger partial charge in [0, 0.05) is 0 Å². The van der Waals surface area contributed by atoms with Crippen LogP contribution in [-0.2, 0) is 27.4 Å². The van der Waals surface area contributed by atoms with E-state index in [1.807, 2.05) is 39.2 Å². The Morgan fingerprint density at radius 1 is 0.968 bits per heavy atom. The maximum Gasteiger partial charge on any atom is 2.00 e. The molecule has 166 valence electrons. The summed E-state index contributed by atoms with van der Waals surface area (Å²) in [4.78, 5) is 4.45. The van der Waals surface area contributed by atoms with E-state index in [1.165, 1.54) is 30.7 Å². The molecule has 1 aromatic rings. The van der Waals surface area contributed by atoms with Gasteiger partial charge in [-0.1, -0.05) is 0 Å². The van der Waals surface area contributed by atoms with Crippen molar-refractivity contribution in [3.05, 3.63) is 98.0 Å². The van der Waals surface area contributed by atoms with E-state index in [0.717, 1.165) is 6.42 Å². The zero-order valence-electron chi connectivity index (χ0n) is 19.1. The summed E-state index contributed by atoms with van der Waals surface area (Å²) in [6, 6.07) is 11.4. The van der Waals surface area contributed by atoms with Crippen LogP contribution in [-0.4, -0.2) is 47.1 Å². The second kappa shape index (κ2) is 13.8. The van der Waals surface area contributed by atoms with Gasteiger partial charge in [-0.2, -0.15) is 0 Å². The van der Waals surface area contributed by atoms with Crippen LogP contribution in [0.4, 0.5) is 0 Å². The zero-order valence-corrected chi connectivity index (χ0v) is 21.9. The molecule has 1 aromatic carbocycles. The number of hydrogen-bond donors (Lipinski definition) is 0. The second-order valence-electron chi connectivity index (χ2n) is 8.26. The molecule has 3 atom stereocenters. The van der Waals surface area contributed by atoms with Gasteiger partial charge in [0.15, 0.2) is 0 Å². The van der Waals surface area contributed by atoms with E-state index in [4.69, 9.17) is 4.74 Å². The SMILES string of the molecule is CO[C@@]1(c2ccccc2)CCCC[C@@H]1[Se][C]1[CH][CH][CH][C]1[C@@H](C)N(C)C.[CH]1[CH][CH][CH][CH]1.[Fe+2]. The molecule has 0 spiro atoms. The summed E-state index contributed by atoms with van der Waals surface area (Å²) < 4.78 is 6.28. The Labute approximate surface area is 209 Å². The Morgan fingerprint density at radius 2 is 1.61 bits per heavy atom. The Balaban J connectivity index is 0.000000501. The largest absolute Gasteiger partial charge is 2.00 e. The van der Waals surface area contributed by atoms with Crippen molar-refractivity contribution < 1.29 is 21.8 Å². The van der Waals surface area contributed by atoms with Crippen molar-refractivity contribution in [1.82, 2.24) is 4.90 Å². The van der Waals surface area contributed by atoms with E-state index in [-0.39, 0.29) is 22.7 Å². The van der Waals surface area contributed by atoms with Crippen LogP contribution in [0.5, 0.6) is 0 Å². The molecule has 0 unspecified atom stereocenters. The number of nitrogens with zero attached hydrogens (tertiary/aromatic N) is 1. The third-order valence-electron chi connectivity index (χ3n) is 6.27. The standard InChI is InChI=1S/C22H30NOSe.C5H5.Fe/c1-17(23(2)3)19-13-10-14-20(19)25-21-15-8-9-16-22(21,24-4)18-11-6-5-7-12-18;1-2-4-5-3-1;/h5-7,10-14,17,21H,8-9,15-16H2,1-4H3;1-5H;/q;;+2/t17-,21+,22-;;/m1../s1. The van der Waals surface area contributed by atoms with Crippen LogP contribution in [0.1, 0.15) is 38.2 Å². The Kier molecular flexibility index (Phi) is 12.2. The quantitative estimate of drug-likeness (QED) is 0.469. The van der Waals surface area contributed by atoms with Gasteiger partial charge >= 0.3 is 178 Å². The third-order valence-corrected chi connectivity index (χ3v) is 9.47. The third kappa shape index (κ3) is 7.08. The van der Waals surface area contributed by atoms with Gasteiger partial charge in [0.25, 0.3) is 0 Å². The molecule has 4 rings (SSSR count). The summed E-state index contributed by atoms with van der Waals surface area (Å²) in [7, 11) is 6.24. The average molecular weight is 524 g/mol. The van der Waals surface area contributed by atoms with Crippen LogP contribution in [0.25, 0.3) is 0 Å². The molecule has 4 heteroatoms. The number of rotatable bonds is 6. The number of benzene rings is 1. The monoisotopic (exact) mass is 525 g/mol. The van der Waals surface area contributed by atoms with Crippen LogP contribution in [0.3, 0.4) is 0 Å². The van der Waals surface area contributed by atoms with Crippen molar-refractivity contribution in [2.24, 2.45) is 0 Å². The Morgan fingerprint density at radius 3 is 2.19 bits per heavy atom.